The van der Waals surface area contributed by atoms with Crippen LogP contribution in [-0.4, -0.2) is 31.7 Å². The van der Waals surface area contributed by atoms with Crippen molar-refractivity contribution in [2.24, 2.45) is 0 Å². The highest BCUT2D eigenvalue weighted by Crippen LogP contribution is 2.30. The average molecular weight is 302 g/mol. The molecule has 3 amide bonds. The van der Waals surface area contributed by atoms with Crippen LogP contribution in [0.15, 0.2) is 24.3 Å². The van der Waals surface area contributed by atoms with Gasteiger partial charge in [-0.25, -0.2) is 9.69 Å². The van der Waals surface area contributed by atoms with E-state index in [4.69, 9.17) is 4.74 Å². The number of hydrogen-bond acceptors (Lipinski definition) is 3. The van der Waals surface area contributed by atoms with Crippen LogP contribution in [0.5, 0.6) is 0 Å². The number of ether oxygens (including phenoxy) is 1. The third-order valence-electron chi connectivity index (χ3n) is 3.12. The zero-order valence-corrected chi connectivity index (χ0v) is 11.1. The summed E-state index contributed by atoms with van der Waals surface area (Å²) in [5.41, 5.74) is -0.758. The van der Waals surface area contributed by atoms with Gasteiger partial charge in [-0.05, 0) is 24.3 Å². The summed E-state index contributed by atoms with van der Waals surface area (Å²) in [6, 6.07) is 3.16. The summed E-state index contributed by atoms with van der Waals surface area (Å²) >= 11 is 0. The fraction of sp³-hybridized carbons (Fsp3) is 0.385. The molecular formula is C13H13F3N2O3. The van der Waals surface area contributed by atoms with Crippen molar-refractivity contribution in [1.29, 1.82) is 0 Å². The summed E-state index contributed by atoms with van der Waals surface area (Å²) in [5.74, 6) is -0.531. The molecule has 114 valence electrons. The summed E-state index contributed by atoms with van der Waals surface area (Å²) in [6.07, 6.45) is -4.96. The molecule has 1 fully saturated rings. The second-order valence-corrected chi connectivity index (χ2v) is 4.52. The van der Waals surface area contributed by atoms with E-state index >= 15 is 0 Å². The van der Waals surface area contributed by atoms with Gasteiger partial charge in [0.15, 0.2) is 0 Å². The molecule has 8 heteroatoms. The minimum Gasteiger partial charge on any atom is -0.379 e. The van der Waals surface area contributed by atoms with Gasteiger partial charge in [0.2, 0.25) is 5.91 Å². The van der Waals surface area contributed by atoms with E-state index in [9.17, 15) is 22.8 Å². The molecule has 0 radical (unpaired) electrons. The van der Waals surface area contributed by atoms with Crippen LogP contribution in [0.1, 0.15) is 12.0 Å². The number of urea groups is 1. The molecule has 0 aromatic heterocycles. The van der Waals surface area contributed by atoms with Crippen LogP contribution in [0.3, 0.4) is 0 Å². The van der Waals surface area contributed by atoms with Crippen LogP contribution in [0, 0.1) is 0 Å². The van der Waals surface area contributed by atoms with Gasteiger partial charge in [-0.1, -0.05) is 0 Å². The third-order valence-corrected chi connectivity index (χ3v) is 3.12. The van der Waals surface area contributed by atoms with Gasteiger partial charge in [0.1, 0.15) is 0 Å². The number of imide groups is 1. The minimum absolute atomic E-state index is 0.0315. The summed E-state index contributed by atoms with van der Waals surface area (Å²) in [4.78, 5) is 24.7. The van der Waals surface area contributed by atoms with Crippen LogP contribution in [0.2, 0.25) is 0 Å². The van der Waals surface area contributed by atoms with Crippen molar-refractivity contribution in [3.63, 3.8) is 0 Å². The summed E-state index contributed by atoms with van der Waals surface area (Å²) in [5, 5.41) is 2.49. The number of alkyl halides is 3. The topological polar surface area (TPSA) is 58.6 Å². The number of hydrogen-bond donors (Lipinski definition) is 1. The second-order valence-electron chi connectivity index (χ2n) is 4.52. The van der Waals surface area contributed by atoms with Gasteiger partial charge in [0.25, 0.3) is 0 Å². The molecule has 1 atom stereocenters. The Kier molecular flexibility index (Phi) is 4.17. The monoisotopic (exact) mass is 302 g/mol. The summed E-state index contributed by atoms with van der Waals surface area (Å²) < 4.78 is 42.5. The Morgan fingerprint density at radius 2 is 1.86 bits per heavy atom. The molecule has 1 saturated heterocycles. The molecule has 5 nitrogen and oxygen atoms in total. The van der Waals surface area contributed by atoms with Gasteiger partial charge in [0.05, 0.1) is 23.8 Å². The van der Waals surface area contributed by atoms with Crippen molar-refractivity contribution in [2.45, 2.75) is 18.7 Å². The predicted octanol–water partition coefficient (Wildman–Crippen LogP) is 2.17. The number of methoxy groups -OCH3 is 1. The van der Waals surface area contributed by atoms with Crippen LogP contribution in [-0.2, 0) is 15.7 Å². The maximum atomic E-state index is 12.5. The Bertz CT molecular complexity index is 543. The molecule has 0 saturated carbocycles. The Balaban J connectivity index is 2.27. The van der Waals surface area contributed by atoms with E-state index in [-0.39, 0.29) is 18.7 Å². The summed E-state index contributed by atoms with van der Waals surface area (Å²) in [6.45, 7) is 0.165. The first-order chi connectivity index (χ1) is 9.82. The van der Waals surface area contributed by atoms with E-state index in [0.29, 0.717) is 0 Å². The van der Waals surface area contributed by atoms with Crippen LogP contribution < -0.4 is 10.2 Å². The van der Waals surface area contributed by atoms with Gasteiger partial charge >= 0.3 is 12.2 Å². The molecule has 1 N–H and O–H groups in total. The molecule has 1 unspecified atom stereocenters. The standard InChI is InChI=1S/C13H13F3N2O3/c1-21-10-6-11(19)18(12(20)17-7-10)9-4-2-8(3-5-9)13(14,15)16/h2-5,10H,6-7H2,1H3,(H,17,20). The van der Waals surface area contributed by atoms with Crippen molar-refractivity contribution < 1.29 is 27.5 Å². The summed E-state index contributed by atoms with van der Waals surface area (Å²) in [7, 11) is 1.41. The maximum absolute atomic E-state index is 12.5. The van der Waals surface area contributed by atoms with Crippen molar-refractivity contribution in [3.8, 4) is 0 Å². The molecule has 1 aliphatic rings. The van der Waals surface area contributed by atoms with Crippen LogP contribution in [0.4, 0.5) is 23.7 Å². The predicted molar refractivity (Wildman–Crippen MR) is 67.7 cm³/mol. The van der Waals surface area contributed by atoms with Gasteiger partial charge < -0.3 is 10.1 Å². The van der Waals surface area contributed by atoms with Crippen molar-refractivity contribution in [1.82, 2.24) is 5.32 Å². The second kappa shape index (κ2) is 5.72. The zero-order chi connectivity index (χ0) is 15.6. The lowest BCUT2D eigenvalue weighted by Crippen LogP contribution is -2.41. The van der Waals surface area contributed by atoms with E-state index in [1.54, 1.807) is 0 Å². The number of rotatable bonds is 2. The highest BCUT2D eigenvalue weighted by molar-refractivity contribution is 6.14. The van der Waals surface area contributed by atoms with E-state index in [1.165, 1.54) is 7.11 Å². The molecule has 21 heavy (non-hydrogen) atoms. The first kappa shape index (κ1) is 15.3. The maximum Gasteiger partial charge on any atom is 0.416 e. The van der Waals surface area contributed by atoms with Gasteiger partial charge in [-0.3, -0.25) is 4.79 Å². The molecule has 0 spiro atoms. The molecule has 1 aliphatic heterocycles. The lowest BCUT2D eigenvalue weighted by Gasteiger charge is -2.19. The number of nitrogens with one attached hydrogen (secondary N) is 1. The first-order valence-electron chi connectivity index (χ1n) is 6.13. The van der Waals surface area contributed by atoms with E-state index in [1.807, 2.05) is 0 Å². The first-order valence-corrected chi connectivity index (χ1v) is 6.13. The highest BCUT2D eigenvalue weighted by Gasteiger charge is 2.33. The number of carbonyl (C=O) groups is 2. The fourth-order valence-corrected chi connectivity index (χ4v) is 1.98. The van der Waals surface area contributed by atoms with Crippen molar-refractivity contribution in [3.05, 3.63) is 29.8 Å². The number of nitrogens with zero attached hydrogens (tertiary/aromatic N) is 1. The van der Waals surface area contributed by atoms with Gasteiger partial charge in [0, 0.05) is 13.7 Å². The van der Waals surface area contributed by atoms with Crippen LogP contribution >= 0.6 is 0 Å². The number of amides is 3. The quantitative estimate of drug-likeness (QED) is 0.911. The minimum atomic E-state index is -4.47. The fourth-order valence-electron chi connectivity index (χ4n) is 1.98. The largest absolute Gasteiger partial charge is 0.416 e. The molecule has 1 aromatic carbocycles. The number of anilines is 1. The molecular weight excluding hydrogens is 289 g/mol. The Morgan fingerprint density at radius 1 is 1.24 bits per heavy atom. The van der Waals surface area contributed by atoms with E-state index in [0.717, 1.165) is 29.2 Å². The molecule has 0 bridgehead atoms. The smallest absolute Gasteiger partial charge is 0.379 e. The van der Waals surface area contributed by atoms with Crippen molar-refractivity contribution >= 4 is 17.6 Å². The Hall–Kier alpha value is -2.09. The molecule has 1 heterocycles. The van der Waals surface area contributed by atoms with Gasteiger partial charge in [-0.2, -0.15) is 13.2 Å². The highest BCUT2D eigenvalue weighted by atomic mass is 19.4. The zero-order valence-electron chi connectivity index (χ0n) is 11.1. The normalized spacial score (nSPS) is 20.2. The van der Waals surface area contributed by atoms with Crippen LogP contribution in [0.25, 0.3) is 0 Å². The Morgan fingerprint density at radius 3 is 2.38 bits per heavy atom. The number of halogens is 3. The number of benzene rings is 1. The van der Waals surface area contributed by atoms with Gasteiger partial charge in [-0.15, -0.1) is 0 Å². The van der Waals surface area contributed by atoms with E-state index < -0.39 is 29.8 Å². The van der Waals surface area contributed by atoms with E-state index in [2.05, 4.69) is 5.32 Å². The molecule has 1 aromatic rings. The number of carbonyl (C=O) groups excluding carboxylic acids is 2. The lowest BCUT2D eigenvalue weighted by molar-refractivity contribution is -0.137. The van der Waals surface area contributed by atoms with Crippen molar-refractivity contribution in [2.75, 3.05) is 18.6 Å². The third kappa shape index (κ3) is 3.33. The average Bonchev–Trinajstić information content (AvgIpc) is 2.56. The SMILES string of the molecule is COC1CNC(=O)N(c2ccc(C(F)(F)F)cc2)C(=O)C1. The molecule has 2 rings (SSSR count). The lowest BCUT2D eigenvalue weighted by atomic mass is 10.1. The Labute approximate surface area is 118 Å². The molecule has 0 aliphatic carbocycles.